The Bertz CT molecular complexity index is 580. The number of nitrogens with zero attached hydrogens (tertiary/aromatic N) is 2. The van der Waals surface area contributed by atoms with Crippen LogP contribution in [0, 0.1) is 9.39 Å². The first kappa shape index (κ1) is 15.5. The highest BCUT2D eigenvalue weighted by Gasteiger charge is 2.05. The van der Waals surface area contributed by atoms with Gasteiger partial charge in [0, 0.05) is 17.6 Å². The summed E-state index contributed by atoms with van der Waals surface area (Å²) in [6.07, 6.45) is 2.86. The summed E-state index contributed by atoms with van der Waals surface area (Å²) in [6, 6.07) is 6.56. The Morgan fingerprint density at radius 2 is 2.25 bits per heavy atom. The minimum Gasteiger partial charge on any atom is -0.369 e. The van der Waals surface area contributed by atoms with Crippen molar-refractivity contribution in [1.29, 1.82) is 0 Å². The van der Waals surface area contributed by atoms with Crippen LogP contribution in [0.4, 0.5) is 10.2 Å². The van der Waals surface area contributed by atoms with Gasteiger partial charge in [-0.05, 0) is 47.2 Å². The molecule has 0 aliphatic carbocycles. The maximum absolute atomic E-state index is 13.1. The monoisotopic (exact) mass is 403 g/mol. The second kappa shape index (κ2) is 7.78. The molecule has 0 fully saturated rings. The number of rotatable bonds is 6. The lowest BCUT2D eigenvalue weighted by Gasteiger charge is -2.08. The molecule has 3 nitrogen and oxygen atoms in total. The summed E-state index contributed by atoms with van der Waals surface area (Å²) in [5.41, 5.74) is 0. The Labute approximate surface area is 135 Å². The van der Waals surface area contributed by atoms with Gasteiger partial charge >= 0.3 is 0 Å². The van der Waals surface area contributed by atoms with E-state index in [0.29, 0.717) is 5.75 Å². The van der Waals surface area contributed by atoms with Crippen molar-refractivity contribution in [2.24, 2.45) is 0 Å². The van der Waals surface area contributed by atoms with E-state index in [1.54, 1.807) is 6.07 Å². The third-order valence-electron chi connectivity index (χ3n) is 2.50. The smallest absolute Gasteiger partial charge is 0.143 e. The van der Waals surface area contributed by atoms with E-state index in [-0.39, 0.29) is 5.82 Å². The van der Waals surface area contributed by atoms with Gasteiger partial charge in [0.2, 0.25) is 0 Å². The van der Waals surface area contributed by atoms with Crippen molar-refractivity contribution in [2.45, 2.75) is 24.0 Å². The van der Waals surface area contributed by atoms with Crippen LogP contribution in [-0.4, -0.2) is 16.5 Å². The predicted octanol–water partition coefficient (Wildman–Crippen LogP) is 4.33. The second-order valence-electron chi connectivity index (χ2n) is 4.16. The number of halogens is 2. The first-order valence-electron chi connectivity index (χ1n) is 6.32. The number of hydrogen-bond donors (Lipinski definition) is 1. The van der Waals surface area contributed by atoms with Crippen LogP contribution in [0.2, 0.25) is 0 Å². The van der Waals surface area contributed by atoms with Crippen molar-refractivity contribution in [1.82, 2.24) is 9.97 Å². The summed E-state index contributed by atoms with van der Waals surface area (Å²) in [5.74, 6) is 2.03. The van der Waals surface area contributed by atoms with E-state index >= 15 is 0 Å². The highest BCUT2D eigenvalue weighted by molar-refractivity contribution is 14.1. The summed E-state index contributed by atoms with van der Waals surface area (Å²) in [6.45, 7) is 3.01. The number of nitrogens with one attached hydrogen (secondary N) is 1. The minimum absolute atomic E-state index is 0.219. The molecule has 20 heavy (non-hydrogen) atoms. The van der Waals surface area contributed by atoms with E-state index in [0.717, 1.165) is 33.1 Å². The van der Waals surface area contributed by atoms with Gasteiger partial charge in [-0.2, -0.15) is 0 Å². The molecule has 0 radical (unpaired) electrons. The quantitative estimate of drug-likeness (QED) is 0.576. The van der Waals surface area contributed by atoms with Crippen LogP contribution in [0.3, 0.4) is 0 Å². The third kappa shape index (κ3) is 4.59. The molecular formula is C14H15FIN3S. The molecule has 0 saturated carbocycles. The zero-order valence-electron chi connectivity index (χ0n) is 11.1. The van der Waals surface area contributed by atoms with Gasteiger partial charge in [-0.3, -0.25) is 0 Å². The Balaban J connectivity index is 2.02. The fourth-order valence-electron chi connectivity index (χ4n) is 1.55. The van der Waals surface area contributed by atoms with E-state index < -0.39 is 0 Å². The van der Waals surface area contributed by atoms with Crippen molar-refractivity contribution in [2.75, 3.05) is 11.9 Å². The number of aromatic nitrogens is 2. The summed E-state index contributed by atoms with van der Waals surface area (Å²) in [4.78, 5) is 9.70. The Kier molecular flexibility index (Phi) is 6.03. The molecule has 0 aliphatic heterocycles. The van der Waals surface area contributed by atoms with Crippen LogP contribution < -0.4 is 5.32 Å². The topological polar surface area (TPSA) is 37.8 Å². The highest BCUT2D eigenvalue weighted by Crippen LogP contribution is 2.23. The van der Waals surface area contributed by atoms with Crippen molar-refractivity contribution in [3.63, 3.8) is 0 Å². The standard InChI is InChI=1S/C14H15FIN3S/c1-2-6-17-14-12(16)8-18-13(19-14)9-20-11-5-3-4-10(15)7-11/h3-5,7-8H,2,6,9H2,1H3,(H,17,18,19). The van der Waals surface area contributed by atoms with E-state index in [1.165, 1.54) is 23.9 Å². The van der Waals surface area contributed by atoms with Crippen molar-refractivity contribution in [3.05, 3.63) is 45.7 Å². The Hall–Kier alpha value is -0.890. The van der Waals surface area contributed by atoms with E-state index in [2.05, 4.69) is 44.8 Å². The fraction of sp³-hybridized carbons (Fsp3) is 0.286. The van der Waals surface area contributed by atoms with E-state index in [4.69, 9.17) is 0 Å². The zero-order chi connectivity index (χ0) is 14.4. The van der Waals surface area contributed by atoms with Gasteiger partial charge in [0.05, 0.1) is 9.32 Å². The van der Waals surface area contributed by atoms with Crippen LogP contribution in [0.25, 0.3) is 0 Å². The third-order valence-corrected chi connectivity index (χ3v) is 4.28. The summed E-state index contributed by atoms with van der Waals surface area (Å²) in [7, 11) is 0. The molecule has 0 atom stereocenters. The predicted molar refractivity (Wildman–Crippen MR) is 89.5 cm³/mol. The van der Waals surface area contributed by atoms with Gasteiger partial charge in [-0.15, -0.1) is 11.8 Å². The Morgan fingerprint density at radius 3 is 3.00 bits per heavy atom. The maximum Gasteiger partial charge on any atom is 0.143 e. The van der Waals surface area contributed by atoms with Crippen LogP contribution in [0.1, 0.15) is 19.2 Å². The number of hydrogen-bond acceptors (Lipinski definition) is 4. The van der Waals surface area contributed by atoms with Gasteiger partial charge in [-0.1, -0.05) is 13.0 Å². The first-order valence-corrected chi connectivity index (χ1v) is 8.39. The lowest BCUT2D eigenvalue weighted by Crippen LogP contribution is -2.06. The zero-order valence-corrected chi connectivity index (χ0v) is 14.0. The van der Waals surface area contributed by atoms with Gasteiger partial charge in [-0.25, -0.2) is 14.4 Å². The SMILES string of the molecule is CCCNc1nc(CSc2cccc(F)c2)ncc1I. The molecule has 0 spiro atoms. The van der Waals surface area contributed by atoms with Gasteiger partial charge in [0.15, 0.2) is 0 Å². The summed E-state index contributed by atoms with van der Waals surface area (Å²) >= 11 is 3.75. The van der Waals surface area contributed by atoms with Crippen LogP contribution >= 0.6 is 34.4 Å². The van der Waals surface area contributed by atoms with Crippen LogP contribution in [0.5, 0.6) is 0 Å². The average molecular weight is 403 g/mol. The largest absolute Gasteiger partial charge is 0.369 e. The van der Waals surface area contributed by atoms with Crippen molar-refractivity contribution >= 4 is 40.2 Å². The molecule has 0 unspecified atom stereocenters. The number of thioether (sulfide) groups is 1. The lowest BCUT2D eigenvalue weighted by molar-refractivity contribution is 0.624. The molecule has 1 N–H and O–H groups in total. The molecule has 0 saturated heterocycles. The highest BCUT2D eigenvalue weighted by atomic mass is 127. The molecule has 1 aromatic heterocycles. The summed E-state index contributed by atoms with van der Waals surface area (Å²) in [5, 5.41) is 3.28. The molecule has 0 amide bonds. The normalized spacial score (nSPS) is 10.6. The molecule has 2 rings (SSSR count). The molecule has 0 aliphatic rings. The summed E-state index contributed by atoms with van der Waals surface area (Å²) < 4.78 is 14.1. The minimum atomic E-state index is -0.219. The lowest BCUT2D eigenvalue weighted by atomic mass is 10.4. The fourth-order valence-corrected chi connectivity index (χ4v) is 2.80. The number of benzene rings is 1. The maximum atomic E-state index is 13.1. The van der Waals surface area contributed by atoms with Crippen LogP contribution in [0.15, 0.2) is 35.4 Å². The first-order chi connectivity index (χ1) is 9.69. The molecule has 2 aromatic rings. The van der Waals surface area contributed by atoms with Gasteiger partial charge in [0.1, 0.15) is 17.5 Å². The second-order valence-corrected chi connectivity index (χ2v) is 6.37. The van der Waals surface area contributed by atoms with Crippen molar-refractivity contribution < 1.29 is 4.39 Å². The molecule has 1 aromatic carbocycles. The molecule has 1 heterocycles. The van der Waals surface area contributed by atoms with Gasteiger partial charge in [0.25, 0.3) is 0 Å². The molecule has 106 valence electrons. The Morgan fingerprint density at radius 1 is 1.40 bits per heavy atom. The molecular weight excluding hydrogens is 388 g/mol. The van der Waals surface area contributed by atoms with Gasteiger partial charge < -0.3 is 5.32 Å². The molecule has 6 heteroatoms. The number of anilines is 1. The molecule has 0 bridgehead atoms. The van der Waals surface area contributed by atoms with E-state index in [9.17, 15) is 4.39 Å². The van der Waals surface area contributed by atoms with E-state index in [1.807, 2.05) is 12.3 Å². The average Bonchev–Trinajstić information content (AvgIpc) is 2.45. The van der Waals surface area contributed by atoms with Crippen molar-refractivity contribution in [3.8, 4) is 0 Å². The van der Waals surface area contributed by atoms with Crippen LogP contribution in [-0.2, 0) is 5.75 Å².